The van der Waals surface area contributed by atoms with E-state index in [4.69, 9.17) is 0 Å². The second-order valence-electron chi connectivity index (χ2n) is 3.00. The SMILES string of the molecule is Cc1ncc(NC(=O)NC(C)C)s1. The molecule has 4 nitrogen and oxygen atoms in total. The number of anilines is 1. The molecule has 1 aromatic rings. The number of carbonyl (C=O) groups excluding carboxylic acids is 1. The van der Waals surface area contributed by atoms with Crippen molar-refractivity contribution >= 4 is 22.4 Å². The zero-order valence-corrected chi connectivity index (χ0v) is 8.73. The molecular weight excluding hydrogens is 186 g/mol. The molecule has 2 amide bonds. The summed E-state index contributed by atoms with van der Waals surface area (Å²) in [7, 11) is 0. The average molecular weight is 199 g/mol. The Morgan fingerprint density at radius 1 is 1.62 bits per heavy atom. The number of amides is 2. The van der Waals surface area contributed by atoms with Gasteiger partial charge in [0.15, 0.2) is 0 Å². The topological polar surface area (TPSA) is 54.0 Å². The van der Waals surface area contributed by atoms with Crippen molar-refractivity contribution < 1.29 is 4.79 Å². The number of hydrogen-bond donors (Lipinski definition) is 2. The molecule has 0 fully saturated rings. The third kappa shape index (κ3) is 3.42. The van der Waals surface area contributed by atoms with E-state index in [2.05, 4.69) is 15.6 Å². The van der Waals surface area contributed by atoms with Gasteiger partial charge in [-0.05, 0) is 20.8 Å². The van der Waals surface area contributed by atoms with Crippen LogP contribution in [-0.2, 0) is 0 Å². The number of nitrogens with zero attached hydrogens (tertiary/aromatic N) is 1. The number of aromatic nitrogens is 1. The van der Waals surface area contributed by atoms with E-state index >= 15 is 0 Å². The zero-order chi connectivity index (χ0) is 9.84. The van der Waals surface area contributed by atoms with Crippen molar-refractivity contribution in [2.24, 2.45) is 0 Å². The number of hydrogen-bond acceptors (Lipinski definition) is 3. The lowest BCUT2D eigenvalue weighted by Gasteiger charge is -2.07. The third-order valence-electron chi connectivity index (χ3n) is 1.28. The third-order valence-corrected chi connectivity index (χ3v) is 2.11. The van der Waals surface area contributed by atoms with E-state index < -0.39 is 0 Å². The van der Waals surface area contributed by atoms with E-state index in [-0.39, 0.29) is 12.1 Å². The molecule has 0 saturated heterocycles. The molecule has 2 N–H and O–H groups in total. The summed E-state index contributed by atoms with van der Waals surface area (Å²) in [4.78, 5) is 15.2. The van der Waals surface area contributed by atoms with Crippen LogP contribution in [0, 0.1) is 6.92 Å². The molecule has 0 atom stereocenters. The molecule has 0 saturated carbocycles. The molecule has 0 aliphatic carbocycles. The van der Waals surface area contributed by atoms with Gasteiger partial charge in [-0.25, -0.2) is 9.78 Å². The fourth-order valence-corrected chi connectivity index (χ4v) is 1.50. The lowest BCUT2D eigenvalue weighted by Crippen LogP contribution is -2.33. The molecular formula is C8H13N3OS. The molecule has 0 spiro atoms. The molecule has 13 heavy (non-hydrogen) atoms. The van der Waals surface area contributed by atoms with Crippen LogP contribution in [0.25, 0.3) is 0 Å². The molecule has 0 unspecified atom stereocenters. The van der Waals surface area contributed by atoms with E-state index in [0.29, 0.717) is 0 Å². The van der Waals surface area contributed by atoms with Crippen LogP contribution in [-0.4, -0.2) is 17.1 Å². The standard InChI is InChI=1S/C8H13N3OS/c1-5(2)10-8(12)11-7-4-9-6(3)13-7/h4-5H,1-3H3,(H2,10,11,12). The van der Waals surface area contributed by atoms with Crippen molar-refractivity contribution in [3.63, 3.8) is 0 Å². The van der Waals surface area contributed by atoms with Gasteiger partial charge >= 0.3 is 6.03 Å². The highest BCUT2D eigenvalue weighted by molar-refractivity contribution is 7.15. The van der Waals surface area contributed by atoms with Gasteiger partial charge in [-0.2, -0.15) is 0 Å². The van der Waals surface area contributed by atoms with Crippen LogP contribution in [0.1, 0.15) is 18.9 Å². The molecule has 1 heterocycles. The number of nitrogens with one attached hydrogen (secondary N) is 2. The Bertz CT molecular complexity index is 295. The maximum atomic E-state index is 11.2. The number of carbonyl (C=O) groups is 1. The molecule has 0 aromatic carbocycles. The van der Waals surface area contributed by atoms with Crippen molar-refractivity contribution in [3.8, 4) is 0 Å². The first-order chi connectivity index (χ1) is 6.08. The van der Waals surface area contributed by atoms with E-state index in [0.717, 1.165) is 10.0 Å². The monoisotopic (exact) mass is 199 g/mol. The predicted molar refractivity (Wildman–Crippen MR) is 54.1 cm³/mol. The summed E-state index contributed by atoms with van der Waals surface area (Å²) in [5.41, 5.74) is 0. The van der Waals surface area contributed by atoms with Crippen molar-refractivity contribution in [2.75, 3.05) is 5.32 Å². The number of rotatable bonds is 2. The minimum atomic E-state index is -0.182. The molecule has 72 valence electrons. The number of aryl methyl sites for hydroxylation is 1. The highest BCUT2D eigenvalue weighted by Crippen LogP contribution is 2.16. The van der Waals surface area contributed by atoms with Gasteiger partial charge in [0.1, 0.15) is 5.00 Å². The molecule has 5 heteroatoms. The van der Waals surface area contributed by atoms with Gasteiger partial charge < -0.3 is 5.32 Å². The summed E-state index contributed by atoms with van der Waals surface area (Å²) in [6.45, 7) is 5.73. The Kier molecular flexibility index (Phi) is 3.25. The van der Waals surface area contributed by atoms with Crippen LogP contribution in [0.2, 0.25) is 0 Å². The van der Waals surface area contributed by atoms with Gasteiger partial charge in [0.25, 0.3) is 0 Å². The van der Waals surface area contributed by atoms with Gasteiger partial charge in [-0.15, -0.1) is 11.3 Å². The van der Waals surface area contributed by atoms with Crippen molar-refractivity contribution in [1.29, 1.82) is 0 Å². The summed E-state index contributed by atoms with van der Waals surface area (Å²) in [6.07, 6.45) is 1.65. The van der Waals surface area contributed by atoms with E-state index in [1.165, 1.54) is 11.3 Å². The average Bonchev–Trinajstić information content (AvgIpc) is 2.33. The number of thiazole rings is 1. The minimum absolute atomic E-state index is 0.147. The molecule has 1 aromatic heterocycles. The van der Waals surface area contributed by atoms with Gasteiger partial charge in [0.05, 0.1) is 11.2 Å². The molecule has 0 bridgehead atoms. The van der Waals surface area contributed by atoms with Gasteiger partial charge in [0.2, 0.25) is 0 Å². The van der Waals surface area contributed by atoms with Crippen LogP contribution < -0.4 is 10.6 Å². The summed E-state index contributed by atoms with van der Waals surface area (Å²) in [6, 6.07) is -0.0346. The van der Waals surface area contributed by atoms with Crippen molar-refractivity contribution in [3.05, 3.63) is 11.2 Å². The van der Waals surface area contributed by atoms with E-state index in [1.807, 2.05) is 20.8 Å². The number of urea groups is 1. The molecule has 0 aliphatic rings. The Labute approximate surface area is 81.4 Å². The fraction of sp³-hybridized carbons (Fsp3) is 0.500. The maximum absolute atomic E-state index is 11.2. The van der Waals surface area contributed by atoms with Gasteiger partial charge in [0, 0.05) is 6.04 Å². The van der Waals surface area contributed by atoms with Crippen LogP contribution in [0.5, 0.6) is 0 Å². The lowest BCUT2D eigenvalue weighted by molar-refractivity contribution is 0.250. The molecule has 1 rings (SSSR count). The summed E-state index contributed by atoms with van der Waals surface area (Å²) in [5, 5.41) is 7.15. The highest BCUT2D eigenvalue weighted by atomic mass is 32.1. The van der Waals surface area contributed by atoms with Crippen molar-refractivity contribution in [1.82, 2.24) is 10.3 Å². The van der Waals surface area contributed by atoms with E-state index in [1.54, 1.807) is 6.20 Å². The first kappa shape index (κ1) is 9.98. The first-order valence-electron chi connectivity index (χ1n) is 4.08. The van der Waals surface area contributed by atoms with E-state index in [9.17, 15) is 4.79 Å². The van der Waals surface area contributed by atoms with Gasteiger partial charge in [-0.1, -0.05) is 0 Å². The highest BCUT2D eigenvalue weighted by Gasteiger charge is 2.04. The van der Waals surface area contributed by atoms with Crippen LogP contribution in [0.15, 0.2) is 6.20 Å². The Morgan fingerprint density at radius 2 is 2.31 bits per heavy atom. The lowest BCUT2D eigenvalue weighted by atomic mass is 10.4. The predicted octanol–water partition coefficient (Wildman–Crippen LogP) is 1.98. The zero-order valence-electron chi connectivity index (χ0n) is 7.92. The second kappa shape index (κ2) is 4.23. The van der Waals surface area contributed by atoms with Crippen LogP contribution in [0.4, 0.5) is 9.80 Å². The summed E-state index contributed by atoms with van der Waals surface area (Å²) in [5.74, 6) is 0. The fourth-order valence-electron chi connectivity index (χ4n) is 0.829. The molecule has 0 aliphatic heterocycles. The maximum Gasteiger partial charge on any atom is 0.320 e. The second-order valence-corrected chi connectivity index (χ2v) is 4.23. The molecule has 0 radical (unpaired) electrons. The smallest absolute Gasteiger partial charge is 0.320 e. The largest absolute Gasteiger partial charge is 0.336 e. The first-order valence-corrected chi connectivity index (χ1v) is 4.89. The minimum Gasteiger partial charge on any atom is -0.336 e. The summed E-state index contributed by atoms with van der Waals surface area (Å²) >= 11 is 1.46. The Morgan fingerprint density at radius 3 is 2.77 bits per heavy atom. The van der Waals surface area contributed by atoms with Crippen molar-refractivity contribution in [2.45, 2.75) is 26.8 Å². The van der Waals surface area contributed by atoms with Crippen LogP contribution in [0.3, 0.4) is 0 Å². The summed E-state index contributed by atoms with van der Waals surface area (Å²) < 4.78 is 0. The quantitative estimate of drug-likeness (QED) is 0.765. The van der Waals surface area contributed by atoms with Crippen LogP contribution >= 0.6 is 11.3 Å². The normalized spacial score (nSPS) is 10.2. The Hall–Kier alpha value is -1.10. The Balaban J connectivity index is 2.45. The van der Waals surface area contributed by atoms with Gasteiger partial charge in [-0.3, -0.25) is 5.32 Å².